The number of aryl methyl sites for hydroxylation is 2. The van der Waals surface area contributed by atoms with Gasteiger partial charge >= 0.3 is 0 Å². The molecule has 0 spiro atoms. The zero-order chi connectivity index (χ0) is 22.3. The zero-order valence-electron chi connectivity index (χ0n) is 18.3. The van der Waals surface area contributed by atoms with E-state index in [0.717, 1.165) is 38.8 Å². The number of hydrogen-bond donors (Lipinski definition) is 1. The fraction of sp³-hybridized carbons (Fsp3) is 0.185. The highest BCUT2D eigenvalue weighted by molar-refractivity contribution is 7.15. The number of para-hydroxylation sites is 1. The van der Waals surface area contributed by atoms with E-state index in [1.165, 1.54) is 4.88 Å². The van der Waals surface area contributed by atoms with Crippen LogP contribution in [0, 0.1) is 13.8 Å². The highest BCUT2D eigenvalue weighted by Crippen LogP contribution is 2.33. The fourth-order valence-corrected chi connectivity index (χ4v) is 4.38. The minimum atomic E-state index is -0.0117. The first-order chi connectivity index (χ1) is 15.6. The lowest BCUT2D eigenvalue weighted by Gasteiger charge is -2.09. The number of carbonyl (C=O) groups excluding carboxylic acids is 1. The Balaban J connectivity index is 1.31. The van der Waals surface area contributed by atoms with Gasteiger partial charge in [0.05, 0.1) is 12.3 Å². The summed E-state index contributed by atoms with van der Waals surface area (Å²) in [6, 6.07) is 26.0. The van der Waals surface area contributed by atoms with Gasteiger partial charge in [-0.1, -0.05) is 60.7 Å². The summed E-state index contributed by atoms with van der Waals surface area (Å²) in [7, 11) is 0. The van der Waals surface area contributed by atoms with Crippen LogP contribution < -0.4 is 10.1 Å². The summed E-state index contributed by atoms with van der Waals surface area (Å²) < 4.78 is 5.76. The molecule has 4 rings (SSSR count). The molecule has 0 saturated carbocycles. The zero-order valence-corrected chi connectivity index (χ0v) is 19.1. The fourth-order valence-electron chi connectivity index (χ4n) is 3.44. The molecule has 0 atom stereocenters. The molecule has 0 bridgehead atoms. The molecule has 4 aromatic rings. The number of carbonyl (C=O) groups is 1. The molecule has 1 heterocycles. The summed E-state index contributed by atoms with van der Waals surface area (Å²) in [5.74, 6) is 0.860. The second-order valence-electron chi connectivity index (χ2n) is 7.63. The van der Waals surface area contributed by atoms with Gasteiger partial charge in [0.15, 0.2) is 0 Å². The number of nitrogens with one attached hydrogen (secondary N) is 1. The van der Waals surface area contributed by atoms with E-state index in [9.17, 15) is 4.79 Å². The van der Waals surface area contributed by atoms with Crippen molar-refractivity contribution in [3.8, 4) is 27.6 Å². The van der Waals surface area contributed by atoms with Crippen LogP contribution in [0.25, 0.3) is 21.8 Å². The Morgan fingerprint density at radius 3 is 2.38 bits per heavy atom. The lowest BCUT2D eigenvalue weighted by atomic mass is 10.1. The number of nitrogens with zero attached hydrogens (tertiary/aromatic N) is 1. The number of rotatable bonds is 8. The number of aromatic nitrogens is 1. The van der Waals surface area contributed by atoms with Crippen LogP contribution in [0.5, 0.6) is 5.75 Å². The van der Waals surface area contributed by atoms with E-state index >= 15 is 0 Å². The second-order valence-corrected chi connectivity index (χ2v) is 8.84. The summed E-state index contributed by atoms with van der Waals surface area (Å²) in [6.45, 7) is 4.62. The first kappa shape index (κ1) is 21.8. The molecule has 0 aliphatic heterocycles. The summed E-state index contributed by atoms with van der Waals surface area (Å²) in [5.41, 5.74) is 5.05. The number of ether oxygens (including phenoxy) is 1. The molecule has 162 valence electrons. The third-order valence-corrected chi connectivity index (χ3v) is 6.18. The highest BCUT2D eigenvalue weighted by Gasteiger charge is 2.11. The Morgan fingerprint density at radius 1 is 0.906 bits per heavy atom. The summed E-state index contributed by atoms with van der Waals surface area (Å²) in [4.78, 5) is 18.3. The van der Waals surface area contributed by atoms with E-state index in [0.29, 0.717) is 19.4 Å². The minimum absolute atomic E-state index is 0.0117. The molecule has 0 unspecified atom stereocenters. The Morgan fingerprint density at radius 2 is 1.62 bits per heavy atom. The van der Waals surface area contributed by atoms with Gasteiger partial charge in [0.2, 0.25) is 5.91 Å². The molecule has 5 heteroatoms. The van der Waals surface area contributed by atoms with Crippen LogP contribution in [0.1, 0.15) is 23.3 Å². The van der Waals surface area contributed by atoms with Crippen molar-refractivity contribution >= 4 is 22.9 Å². The lowest BCUT2D eigenvalue weighted by molar-refractivity contribution is -0.116. The van der Waals surface area contributed by atoms with E-state index < -0.39 is 0 Å². The number of amides is 1. The van der Waals surface area contributed by atoms with Crippen LogP contribution in [0.3, 0.4) is 0 Å². The van der Waals surface area contributed by atoms with Gasteiger partial charge in [-0.3, -0.25) is 4.79 Å². The van der Waals surface area contributed by atoms with Gasteiger partial charge in [0.1, 0.15) is 10.8 Å². The van der Waals surface area contributed by atoms with Crippen LogP contribution in [0.4, 0.5) is 5.69 Å². The van der Waals surface area contributed by atoms with Crippen molar-refractivity contribution in [3.63, 3.8) is 0 Å². The normalized spacial score (nSPS) is 10.7. The first-order valence-corrected chi connectivity index (χ1v) is 11.5. The van der Waals surface area contributed by atoms with Crippen molar-refractivity contribution in [1.82, 2.24) is 4.98 Å². The largest absolute Gasteiger partial charge is 0.493 e. The lowest BCUT2D eigenvalue weighted by Crippen LogP contribution is -2.12. The Hall–Kier alpha value is -3.44. The van der Waals surface area contributed by atoms with Crippen molar-refractivity contribution < 1.29 is 9.53 Å². The molecule has 1 N–H and O–H groups in total. The van der Waals surface area contributed by atoms with E-state index in [1.54, 1.807) is 11.3 Å². The molecule has 32 heavy (non-hydrogen) atoms. The third kappa shape index (κ3) is 5.42. The summed E-state index contributed by atoms with van der Waals surface area (Å²) >= 11 is 1.69. The molecule has 1 amide bonds. The summed E-state index contributed by atoms with van der Waals surface area (Å²) in [6.07, 6.45) is 1.08. The van der Waals surface area contributed by atoms with Gasteiger partial charge in [-0.25, -0.2) is 4.98 Å². The molecule has 0 saturated heterocycles. The maximum Gasteiger partial charge on any atom is 0.224 e. The minimum Gasteiger partial charge on any atom is -0.493 e. The standard InChI is InChI=1S/C27H26N2O2S/c1-19-9-6-7-12-24(19)31-18-8-13-25(30)28-23-16-14-21(15-17-23)26-20(2)32-27(29-26)22-10-4-3-5-11-22/h3-7,9-12,14-17H,8,13,18H2,1-2H3,(H,28,30). The predicted molar refractivity (Wildman–Crippen MR) is 132 cm³/mol. The van der Waals surface area contributed by atoms with Crippen molar-refractivity contribution in [2.45, 2.75) is 26.7 Å². The average Bonchev–Trinajstić information content (AvgIpc) is 3.20. The average molecular weight is 443 g/mol. The smallest absolute Gasteiger partial charge is 0.224 e. The van der Waals surface area contributed by atoms with E-state index in [-0.39, 0.29) is 5.91 Å². The molecular formula is C27H26N2O2S. The Kier molecular flexibility index (Phi) is 6.97. The van der Waals surface area contributed by atoms with Crippen LogP contribution >= 0.6 is 11.3 Å². The number of hydrogen-bond acceptors (Lipinski definition) is 4. The quantitative estimate of drug-likeness (QED) is 0.302. The van der Waals surface area contributed by atoms with Crippen molar-refractivity contribution in [2.24, 2.45) is 0 Å². The van der Waals surface area contributed by atoms with Crippen LogP contribution in [-0.4, -0.2) is 17.5 Å². The predicted octanol–water partition coefficient (Wildman–Crippen LogP) is 6.89. The van der Waals surface area contributed by atoms with Gasteiger partial charge in [-0.05, 0) is 44.0 Å². The molecule has 0 aliphatic rings. The Labute approximate surface area is 192 Å². The highest BCUT2D eigenvalue weighted by atomic mass is 32.1. The van der Waals surface area contributed by atoms with Crippen molar-refractivity contribution in [3.05, 3.63) is 89.3 Å². The van der Waals surface area contributed by atoms with Gasteiger partial charge in [0, 0.05) is 28.1 Å². The van der Waals surface area contributed by atoms with Crippen molar-refractivity contribution in [1.29, 1.82) is 0 Å². The topological polar surface area (TPSA) is 51.2 Å². The van der Waals surface area contributed by atoms with Crippen LogP contribution in [0.15, 0.2) is 78.9 Å². The van der Waals surface area contributed by atoms with E-state index in [2.05, 4.69) is 24.4 Å². The van der Waals surface area contributed by atoms with Gasteiger partial charge in [-0.15, -0.1) is 11.3 Å². The van der Waals surface area contributed by atoms with Crippen LogP contribution in [0.2, 0.25) is 0 Å². The van der Waals surface area contributed by atoms with Gasteiger partial charge in [0.25, 0.3) is 0 Å². The molecule has 1 aromatic heterocycles. The molecule has 0 aliphatic carbocycles. The second kappa shape index (κ2) is 10.2. The number of thiazole rings is 1. The van der Waals surface area contributed by atoms with Crippen molar-refractivity contribution in [2.75, 3.05) is 11.9 Å². The number of benzene rings is 3. The molecule has 0 radical (unpaired) electrons. The molecule has 3 aromatic carbocycles. The van der Waals surface area contributed by atoms with E-state index in [1.807, 2.05) is 73.7 Å². The number of anilines is 1. The summed E-state index contributed by atoms with van der Waals surface area (Å²) in [5, 5.41) is 3.98. The SMILES string of the molecule is Cc1ccccc1OCCCC(=O)Nc1ccc(-c2nc(-c3ccccc3)sc2C)cc1. The third-order valence-electron chi connectivity index (χ3n) is 5.16. The maximum atomic E-state index is 12.3. The first-order valence-electron chi connectivity index (χ1n) is 10.7. The monoisotopic (exact) mass is 442 g/mol. The van der Waals surface area contributed by atoms with Gasteiger partial charge in [-0.2, -0.15) is 0 Å². The maximum absolute atomic E-state index is 12.3. The van der Waals surface area contributed by atoms with E-state index in [4.69, 9.17) is 9.72 Å². The molecular weight excluding hydrogens is 416 g/mol. The van der Waals surface area contributed by atoms with Gasteiger partial charge < -0.3 is 10.1 Å². The Bertz CT molecular complexity index is 1180. The van der Waals surface area contributed by atoms with Crippen LogP contribution in [-0.2, 0) is 4.79 Å². The molecule has 0 fully saturated rings. The molecule has 4 nitrogen and oxygen atoms in total.